The van der Waals surface area contributed by atoms with Crippen LogP contribution in [0.3, 0.4) is 0 Å². The molecule has 0 saturated carbocycles. The Morgan fingerprint density at radius 2 is 1.94 bits per heavy atom. The van der Waals surface area contributed by atoms with Gasteiger partial charge in [-0.05, 0) is 23.5 Å². The molecule has 80 valence electrons. The van der Waals surface area contributed by atoms with Crippen molar-refractivity contribution in [2.75, 3.05) is 0 Å². The molecular formula is C9H9B2NO4. The average molecular weight is 217 g/mol. The topological polar surface area (TPSA) is 104 Å². The summed E-state index contributed by atoms with van der Waals surface area (Å²) in [6.45, 7) is 0. The zero-order valence-corrected chi connectivity index (χ0v) is 8.29. The summed E-state index contributed by atoms with van der Waals surface area (Å²) in [5.74, 6) is -3.44. The first kappa shape index (κ1) is 12.4. The summed E-state index contributed by atoms with van der Waals surface area (Å²) < 4.78 is 0. The van der Waals surface area contributed by atoms with E-state index in [1.807, 2.05) is 0 Å². The highest BCUT2D eigenvalue weighted by molar-refractivity contribution is 6.33. The Balaban J connectivity index is 3.10. The fourth-order valence-corrected chi connectivity index (χ4v) is 1.14. The summed E-state index contributed by atoms with van der Waals surface area (Å²) >= 11 is 0. The molecule has 4 radical (unpaired) electrons. The van der Waals surface area contributed by atoms with Crippen LogP contribution in [0, 0.1) is 0 Å². The number of carbonyl (C=O) groups is 1. The van der Waals surface area contributed by atoms with Gasteiger partial charge in [0.15, 0.2) is 11.5 Å². The molecule has 1 rings (SSSR count). The van der Waals surface area contributed by atoms with Crippen LogP contribution in [0.1, 0.15) is 11.4 Å². The smallest absolute Gasteiger partial charge is 0.313 e. The van der Waals surface area contributed by atoms with E-state index in [0.717, 1.165) is 6.07 Å². The molecule has 0 fully saturated rings. The minimum absolute atomic E-state index is 0.211. The second kappa shape index (κ2) is 4.09. The molecule has 0 aromatic heterocycles. The Morgan fingerprint density at radius 1 is 1.38 bits per heavy atom. The van der Waals surface area contributed by atoms with E-state index in [1.54, 1.807) is 0 Å². The summed E-state index contributed by atoms with van der Waals surface area (Å²) in [7, 11) is 10.9. The van der Waals surface area contributed by atoms with Crippen molar-refractivity contribution in [3.05, 3.63) is 23.8 Å². The maximum atomic E-state index is 10.7. The number of nitrogens with two attached hydrogens (primary N) is 1. The Labute approximate surface area is 94.7 Å². The van der Waals surface area contributed by atoms with Crippen molar-refractivity contribution < 1.29 is 20.1 Å². The van der Waals surface area contributed by atoms with Crippen molar-refractivity contribution >= 4 is 21.7 Å². The Kier molecular flexibility index (Phi) is 3.19. The van der Waals surface area contributed by atoms with Crippen molar-refractivity contribution in [2.45, 2.75) is 11.3 Å². The number of benzene rings is 1. The first-order valence-corrected chi connectivity index (χ1v) is 4.35. The molecular weight excluding hydrogens is 208 g/mol. The molecule has 0 bridgehead atoms. The molecule has 0 aliphatic heterocycles. The van der Waals surface area contributed by atoms with Gasteiger partial charge in [0.2, 0.25) is 0 Å². The number of aromatic hydroxyl groups is 2. The van der Waals surface area contributed by atoms with Crippen LogP contribution >= 0.6 is 0 Å². The highest BCUT2D eigenvalue weighted by atomic mass is 16.4. The molecule has 5 N–H and O–H groups in total. The van der Waals surface area contributed by atoms with Crippen LogP contribution in [-0.2, 0) is 4.79 Å². The van der Waals surface area contributed by atoms with Crippen molar-refractivity contribution in [3.63, 3.8) is 0 Å². The number of hydrogen-bond acceptors (Lipinski definition) is 4. The highest BCUT2D eigenvalue weighted by Crippen LogP contribution is 2.30. The fraction of sp³-hybridized carbons (Fsp3) is 0.222. The first-order valence-electron chi connectivity index (χ1n) is 4.35. The van der Waals surface area contributed by atoms with Gasteiger partial charge in [-0.1, -0.05) is 6.07 Å². The van der Waals surface area contributed by atoms with Gasteiger partial charge in [-0.2, -0.15) is 0 Å². The lowest BCUT2D eigenvalue weighted by Crippen LogP contribution is -2.53. The monoisotopic (exact) mass is 217 g/mol. The number of carboxylic acids is 1. The number of phenolic OH excluding ortho intramolecular Hbond substituents is 2. The van der Waals surface area contributed by atoms with Crippen molar-refractivity contribution in [3.8, 4) is 11.5 Å². The summed E-state index contributed by atoms with van der Waals surface area (Å²) in [6, 6.07) is 3.61. The molecule has 7 heteroatoms. The minimum Gasteiger partial charge on any atom is -0.504 e. The van der Waals surface area contributed by atoms with Gasteiger partial charge in [-0.15, -0.1) is 0 Å². The van der Waals surface area contributed by atoms with Gasteiger partial charge in [0.1, 0.15) is 7.85 Å². The third kappa shape index (κ3) is 2.14. The lowest BCUT2D eigenvalue weighted by Gasteiger charge is -2.28. The van der Waals surface area contributed by atoms with E-state index < -0.39 is 23.0 Å². The number of aliphatic carboxylic acids is 1. The Bertz CT molecular complexity index is 422. The standard InChI is InChI=1S/C9H9B2NO4/c10-7(9(11,12)8(15)16)4-1-2-5(13)6(14)3-4/h1-3,7,13-14H,12H2,(H,15,16)/t7-,9+/m0/s1. The molecule has 16 heavy (non-hydrogen) atoms. The Morgan fingerprint density at radius 3 is 2.38 bits per heavy atom. The summed E-state index contributed by atoms with van der Waals surface area (Å²) in [4.78, 5) is 10.7. The van der Waals surface area contributed by atoms with Gasteiger partial charge in [-0.25, -0.2) is 0 Å². The third-order valence-corrected chi connectivity index (χ3v) is 2.24. The number of carboxylic acid groups (broad SMARTS) is 1. The number of hydrogen-bond donors (Lipinski definition) is 4. The van der Waals surface area contributed by atoms with Crippen molar-refractivity contribution in [1.82, 2.24) is 0 Å². The molecule has 0 saturated heterocycles. The highest BCUT2D eigenvalue weighted by Gasteiger charge is 2.34. The van der Waals surface area contributed by atoms with Crippen LogP contribution in [0.5, 0.6) is 11.5 Å². The van der Waals surface area contributed by atoms with Crippen molar-refractivity contribution in [1.29, 1.82) is 0 Å². The Hall–Kier alpha value is -1.62. The zero-order valence-electron chi connectivity index (χ0n) is 8.29. The summed E-state index contributed by atoms with van der Waals surface area (Å²) in [5.41, 5.74) is 3.39. The normalized spacial score (nSPS) is 16.3. The predicted molar refractivity (Wildman–Crippen MR) is 58.6 cm³/mol. The van der Waals surface area contributed by atoms with E-state index in [9.17, 15) is 9.90 Å². The first-order chi connectivity index (χ1) is 7.26. The van der Waals surface area contributed by atoms with Gasteiger partial charge < -0.3 is 21.1 Å². The molecule has 0 aliphatic rings. The van der Waals surface area contributed by atoms with Gasteiger partial charge in [-0.3, -0.25) is 4.79 Å². The van der Waals surface area contributed by atoms with Gasteiger partial charge in [0.25, 0.3) is 0 Å². The third-order valence-electron chi connectivity index (χ3n) is 2.24. The van der Waals surface area contributed by atoms with Gasteiger partial charge in [0, 0.05) is 0 Å². The molecule has 1 aromatic rings. The fourth-order valence-electron chi connectivity index (χ4n) is 1.14. The molecule has 1 aromatic carbocycles. The molecule has 0 amide bonds. The van der Waals surface area contributed by atoms with Crippen LogP contribution in [0.15, 0.2) is 18.2 Å². The zero-order chi connectivity index (χ0) is 12.5. The van der Waals surface area contributed by atoms with Gasteiger partial charge in [0.05, 0.1) is 13.3 Å². The van der Waals surface area contributed by atoms with E-state index in [0.29, 0.717) is 0 Å². The van der Waals surface area contributed by atoms with Gasteiger partial charge >= 0.3 is 5.97 Å². The lowest BCUT2D eigenvalue weighted by molar-refractivity contribution is -0.140. The summed E-state index contributed by atoms with van der Waals surface area (Å²) in [5, 5.41) is 27.0. The van der Waals surface area contributed by atoms with E-state index >= 15 is 0 Å². The molecule has 5 nitrogen and oxygen atoms in total. The molecule has 0 unspecified atom stereocenters. The average Bonchev–Trinajstić information content (AvgIpc) is 2.20. The number of rotatable bonds is 3. The van der Waals surface area contributed by atoms with Crippen molar-refractivity contribution in [2.24, 2.45) is 5.73 Å². The molecule has 2 atom stereocenters. The van der Waals surface area contributed by atoms with Crippen LogP contribution in [-0.4, -0.2) is 42.4 Å². The van der Waals surface area contributed by atoms with Crippen LogP contribution in [0.25, 0.3) is 0 Å². The van der Waals surface area contributed by atoms with E-state index in [-0.39, 0.29) is 11.3 Å². The summed E-state index contributed by atoms with van der Waals surface area (Å²) in [6.07, 6.45) is 0. The minimum atomic E-state index is -2.15. The van der Waals surface area contributed by atoms with E-state index in [4.69, 9.17) is 31.6 Å². The second-order valence-electron chi connectivity index (χ2n) is 3.46. The molecule has 0 heterocycles. The molecule has 0 aliphatic carbocycles. The maximum Gasteiger partial charge on any atom is 0.313 e. The van der Waals surface area contributed by atoms with Crippen LogP contribution in [0.4, 0.5) is 0 Å². The number of phenols is 2. The van der Waals surface area contributed by atoms with E-state index in [1.165, 1.54) is 12.1 Å². The van der Waals surface area contributed by atoms with E-state index in [2.05, 4.69) is 0 Å². The van der Waals surface area contributed by atoms with Crippen LogP contribution in [0.2, 0.25) is 0 Å². The largest absolute Gasteiger partial charge is 0.504 e. The maximum absolute atomic E-state index is 10.7. The predicted octanol–water partition coefficient (Wildman–Crippen LogP) is -0.785. The lowest BCUT2D eigenvalue weighted by atomic mass is 9.58. The quantitative estimate of drug-likeness (QED) is 0.392. The SMILES string of the molecule is [B][C@@H](c1ccc(O)c(O)c1)[C@@]([B])(N)C(=O)O. The molecule has 0 spiro atoms. The van der Waals surface area contributed by atoms with Crippen LogP contribution < -0.4 is 5.73 Å². The second-order valence-corrected chi connectivity index (χ2v) is 3.46.